The monoisotopic (exact) mass is 330 g/mol. The number of nitrogens with zero attached hydrogens (tertiary/aromatic N) is 5. The van der Waals surface area contributed by atoms with Crippen LogP contribution >= 0.6 is 12.2 Å². The van der Waals surface area contributed by atoms with E-state index in [-0.39, 0.29) is 5.82 Å². The zero-order valence-corrected chi connectivity index (χ0v) is 13.7. The predicted octanol–water partition coefficient (Wildman–Crippen LogP) is 2.98. The summed E-state index contributed by atoms with van der Waals surface area (Å²) >= 11 is 5.22. The molecular weight excluding hydrogens is 315 g/mol. The Morgan fingerprint density at radius 3 is 2.57 bits per heavy atom. The van der Waals surface area contributed by atoms with Crippen LogP contribution in [-0.4, -0.2) is 30.9 Å². The van der Waals surface area contributed by atoms with Crippen molar-refractivity contribution in [2.24, 2.45) is 12.1 Å². The van der Waals surface area contributed by atoms with Gasteiger partial charge in [0.15, 0.2) is 5.82 Å². The third-order valence-electron chi connectivity index (χ3n) is 3.62. The molecule has 0 bridgehead atoms. The molecule has 0 amide bonds. The van der Waals surface area contributed by atoms with Crippen LogP contribution in [-0.2, 0) is 7.05 Å². The van der Waals surface area contributed by atoms with Gasteiger partial charge in [-0.05, 0) is 50.3 Å². The summed E-state index contributed by atoms with van der Waals surface area (Å²) in [6.45, 7) is 3.89. The molecule has 6 nitrogen and oxygen atoms in total. The predicted molar refractivity (Wildman–Crippen MR) is 88.5 cm³/mol. The first kappa shape index (κ1) is 15.3. The van der Waals surface area contributed by atoms with Crippen LogP contribution in [0.25, 0.3) is 11.4 Å². The highest BCUT2D eigenvalue weighted by Gasteiger charge is 2.10. The number of benzene rings is 1. The SMILES string of the molecule is Cc1nn(C)c(C)c1/C=N\n1c(-c2ccc(F)cc2)n[nH]c1=S. The second-order valence-electron chi connectivity index (χ2n) is 5.12. The number of aromatic nitrogens is 5. The lowest BCUT2D eigenvalue weighted by atomic mass is 10.2. The van der Waals surface area contributed by atoms with Crippen LogP contribution in [0.5, 0.6) is 0 Å². The lowest BCUT2D eigenvalue weighted by Gasteiger charge is -2.01. The molecule has 118 valence electrons. The van der Waals surface area contributed by atoms with E-state index in [1.165, 1.54) is 16.8 Å². The summed E-state index contributed by atoms with van der Waals surface area (Å²) in [7, 11) is 1.88. The van der Waals surface area contributed by atoms with Gasteiger partial charge in [-0.25, -0.2) is 9.49 Å². The van der Waals surface area contributed by atoms with E-state index in [4.69, 9.17) is 12.2 Å². The van der Waals surface area contributed by atoms with Crippen molar-refractivity contribution in [3.63, 3.8) is 0 Å². The number of rotatable bonds is 3. The highest BCUT2D eigenvalue weighted by atomic mass is 32.1. The summed E-state index contributed by atoms with van der Waals surface area (Å²) in [5.41, 5.74) is 3.54. The summed E-state index contributed by atoms with van der Waals surface area (Å²) in [6, 6.07) is 6.01. The van der Waals surface area contributed by atoms with Crippen LogP contribution in [0.2, 0.25) is 0 Å². The minimum Gasteiger partial charge on any atom is -0.272 e. The fourth-order valence-corrected chi connectivity index (χ4v) is 2.46. The maximum Gasteiger partial charge on any atom is 0.216 e. The molecule has 1 N–H and O–H groups in total. The third-order valence-corrected chi connectivity index (χ3v) is 3.88. The lowest BCUT2D eigenvalue weighted by Crippen LogP contribution is -1.97. The number of aromatic amines is 1. The average molecular weight is 330 g/mol. The Morgan fingerprint density at radius 2 is 1.96 bits per heavy atom. The first-order valence-electron chi connectivity index (χ1n) is 6.95. The minimum absolute atomic E-state index is 0.306. The summed E-state index contributed by atoms with van der Waals surface area (Å²) in [5, 5.41) is 15.6. The molecule has 0 unspecified atom stereocenters. The van der Waals surface area contributed by atoms with E-state index in [9.17, 15) is 4.39 Å². The normalized spacial score (nSPS) is 11.5. The molecule has 23 heavy (non-hydrogen) atoms. The molecule has 0 radical (unpaired) electrons. The Balaban J connectivity index is 2.04. The standard InChI is InChI=1S/C15H15FN6S/c1-9-13(10(2)21(3)20-9)8-17-22-14(18-19-15(22)23)11-4-6-12(16)7-5-11/h4-8H,1-3H3,(H,19,23)/b17-8-. The molecule has 0 fully saturated rings. The second-order valence-corrected chi connectivity index (χ2v) is 5.51. The van der Waals surface area contributed by atoms with Crippen LogP contribution < -0.4 is 0 Å². The summed E-state index contributed by atoms with van der Waals surface area (Å²) in [5.74, 6) is 0.213. The Hall–Kier alpha value is -2.61. The van der Waals surface area contributed by atoms with Gasteiger partial charge < -0.3 is 0 Å². The molecule has 0 aliphatic rings. The molecule has 0 spiro atoms. The van der Waals surface area contributed by atoms with Gasteiger partial charge in [-0.2, -0.15) is 20.0 Å². The van der Waals surface area contributed by atoms with Gasteiger partial charge in [0.2, 0.25) is 4.77 Å². The highest BCUT2D eigenvalue weighted by molar-refractivity contribution is 7.71. The van der Waals surface area contributed by atoms with E-state index in [1.54, 1.807) is 23.0 Å². The lowest BCUT2D eigenvalue weighted by molar-refractivity contribution is 0.628. The Labute approximate surface area is 137 Å². The van der Waals surface area contributed by atoms with Crippen LogP contribution in [0.4, 0.5) is 4.39 Å². The maximum atomic E-state index is 13.1. The number of hydrogen-bond donors (Lipinski definition) is 1. The van der Waals surface area contributed by atoms with E-state index < -0.39 is 0 Å². The van der Waals surface area contributed by atoms with E-state index in [0.717, 1.165) is 22.5 Å². The Kier molecular flexibility index (Phi) is 3.91. The fourth-order valence-electron chi connectivity index (χ4n) is 2.28. The molecule has 0 aliphatic carbocycles. The molecule has 0 saturated carbocycles. The van der Waals surface area contributed by atoms with Crippen molar-refractivity contribution in [1.29, 1.82) is 0 Å². The van der Waals surface area contributed by atoms with E-state index in [2.05, 4.69) is 20.4 Å². The first-order chi connectivity index (χ1) is 11.0. The first-order valence-corrected chi connectivity index (χ1v) is 7.36. The Morgan fingerprint density at radius 1 is 1.26 bits per heavy atom. The minimum atomic E-state index is -0.306. The smallest absolute Gasteiger partial charge is 0.216 e. The van der Waals surface area contributed by atoms with Gasteiger partial charge in [0, 0.05) is 23.9 Å². The molecule has 0 aliphatic heterocycles. The molecule has 0 atom stereocenters. The molecule has 0 saturated heterocycles. The van der Waals surface area contributed by atoms with Crippen molar-refractivity contribution in [3.8, 4) is 11.4 Å². The van der Waals surface area contributed by atoms with Gasteiger partial charge in [-0.1, -0.05) is 0 Å². The largest absolute Gasteiger partial charge is 0.272 e. The van der Waals surface area contributed by atoms with Gasteiger partial charge in [-0.3, -0.25) is 4.68 Å². The summed E-state index contributed by atoms with van der Waals surface area (Å²) in [4.78, 5) is 0. The van der Waals surface area contributed by atoms with E-state index in [0.29, 0.717) is 10.6 Å². The zero-order chi connectivity index (χ0) is 16.6. The van der Waals surface area contributed by atoms with Crippen molar-refractivity contribution < 1.29 is 4.39 Å². The fraction of sp³-hybridized carbons (Fsp3) is 0.200. The van der Waals surface area contributed by atoms with Crippen molar-refractivity contribution >= 4 is 18.4 Å². The zero-order valence-electron chi connectivity index (χ0n) is 12.9. The number of hydrogen-bond acceptors (Lipinski definition) is 4. The van der Waals surface area contributed by atoms with Crippen LogP contribution in [0.3, 0.4) is 0 Å². The second kappa shape index (κ2) is 5.88. The molecule has 8 heteroatoms. The van der Waals surface area contributed by atoms with Crippen LogP contribution in [0, 0.1) is 24.4 Å². The number of halogens is 1. The van der Waals surface area contributed by atoms with Gasteiger partial charge in [0.1, 0.15) is 5.82 Å². The van der Waals surface area contributed by atoms with Gasteiger partial charge in [0.25, 0.3) is 0 Å². The topological polar surface area (TPSA) is 63.8 Å². The highest BCUT2D eigenvalue weighted by Crippen LogP contribution is 2.18. The van der Waals surface area contributed by atoms with Crippen molar-refractivity contribution in [1.82, 2.24) is 24.7 Å². The summed E-state index contributed by atoms with van der Waals surface area (Å²) in [6.07, 6.45) is 1.70. The number of H-pyrrole nitrogens is 1. The molecule has 2 aromatic heterocycles. The van der Waals surface area contributed by atoms with Crippen LogP contribution in [0.1, 0.15) is 17.0 Å². The molecular formula is C15H15FN6S. The molecule has 1 aromatic carbocycles. The van der Waals surface area contributed by atoms with E-state index in [1.807, 2.05) is 20.9 Å². The van der Waals surface area contributed by atoms with Crippen molar-refractivity contribution in [3.05, 3.63) is 51.8 Å². The van der Waals surface area contributed by atoms with Gasteiger partial charge in [0.05, 0.1) is 11.9 Å². The third kappa shape index (κ3) is 2.85. The van der Waals surface area contributed by atoms with Crippen molar-refractivity contribution in [2.75, 3.05) is 0 Å². The van der Waals surface area contributed by atoms with Gasteiger partial charge >= 0.3 is 0 Å². The van der Waals surface area contributed by atoms with Crippen LogP contribution in [0.15, 0.2) is 29.4 Å². The molecule has 2 heterocycles. The maximum absolute atomic E-state index is 13.1. The molecule has 3 rings (SSSR count). The average Bonchev–Trinajstić information content (AvgIpc) is 2.99. The van der Waals surface area contributed by atoms with Crippen molar-refractivity contribution in [2.45, 2.75) is 13.8 Å². The quantitative estimate of drug-likeness (QED) is 0.593. The number of aryl methyl sites for hydroxylation is 2. The van der Waals surface area contributed by atoms with E-state index >= 15 is 0 Å². The Bertz CT molecular complexity index is 932. The molecule has 3 aromatic rings. The summed E-state index contributed by atoms with van der Waals surface area (Å²) < 4.78 is 16.7. The number of nitrogens with one attached hydrogen (secondary N) is 1. The van der Waals surface area contributed by atoms with Gasteiger partial charge in [-0.15, -0.1) is 0 Å².